The van der Waals surface area contributed by atoms with Gasteiger partial charge in [0.05, 0.1) is 11.0 Å². The van der Waals surface area contributed by atoms with Gasteiger partial charge in [-0.3, -0.25) is 0 Å². The standard InChI is InChI=1S/C50H32N2O/c1-3-11-33(12-4-1)34-21-24-38(25-22-34)51(40-27-28-43-42-16-8-10-18-49(42)53-50(43)31-40)39-26-23-35-19-20-36-29-46-41-15-7-9-17-47(41)52(37-13-5-2-6-14-37)48(46)32-45(36)44(35)30-39/h1-32H. The molecule has 11 aromatic rings. The normalized spacial score (nSPS) is 11.8. The molecule has 9 aromatic carbocycles. The Kier molecular flexibility index (Phi) is 6.55. The molecule has 0 bridgehead atoms. The topological polar surface area (TPSA) is 21.3 Å². The van der Waals surface area contributed by atoms with Gasteiger partial charge in [0.2, 0.25) is 0 Å². The van der Waals surface area contributed by atoms with Gasteiger partial charge in [-0.25, -0.2) is 0 Å². The molecular weight excluding hydrogens is 645 g/mol. The van der Waals surface area contributed by atoms with Crippen LogP contribution in [0.25, 0.3) is 82.1 Å². The van der Waals surface area contributed by atoms with Gasteiger partial charge in [0.1, 0.15) is 11.2 Å². The quantitative estimate of drug-likeness (QED) is 0.169. The van der Waals surface area contributed by atoms with Crippen molar-refractivity contribution in [3.63, 3.8) is 0 Å². The summed E-state index contributed by atoms with van der Waals surface area (Å²) in [5.41, 5.74) is 10.9. The highest BCUT2D eigenvalue weighted by Crippen LogP contribution is 2.42. The zero-order chi connectivity index (χ0) is 34.9. The molecule has 0 aliphatic heterocycles. The van der Waals surface area contributed by atoms with Crippen molar-refractivity contribution < 1.29 is 4.42 Å². The molecule has 0 N–H and O–H groups in total. The molecule has 0 aliphatic carbocycles. The van der Waals surface area contributed by atoms with Crippen LogP contribution in [0.1, 0.15) is 0 Å². The number of anilines is 3. The summed E-state index contributed by atoms with van der Waals surface area (Å²) in [6.45, 7) is 0. The highest BCUT2D eigenvalue weighted by atomic mass is 16.3. The van der Waals surface area contributed by atoms with Crippen LogP contribution in [-0.2, 0) is 0 Å². The largest absolute Gasteiger partial charge is 0.456 e. The second-order valence-electron chi connectivity index (χ2n) is 13.8. The Labute approximate surface area is 306 Å². The van der Waals surface area contributed by atoms with E-state index in [2.05, 4.69) is 191 Å². The molecule has 0 saturated heterocycles. The van der Waals surface area contributed by atoms with E-state index in [0.717, 1.165) is 44.7 Å². The molecular formula is C50H32N2O. The molecule has 0 saturated carbocycles. The number of aromatic nitrogens is 1. The Morgan fingerprint density at radius 1 is 0.340 bits per heavy atom. The van der Waals surface area contributed by atoms with E-state index in [1.807, 2.05) is 12.1 Å². The molecule has 3 nitrogen and oxygen atoms in total. The maximum Gasteiger partial charge on any atom is 0.137 e. The number of rotatable bonds is 5. The highest BCUT2D eigenvalue weighted by molar-refractivity contribution is 6.18. The predicted molar refractivity (Wildman–Crippen MR) is 223 cm³/mol. The lowest BCUT2D eigenvalue weighted by molar-refractivity contribution is 0.669. The molecule has 0 atom stereocenters. The van der Waals surface area contributed by atoms with E-state index in [4.69, 9.17) is 4.42 Å². The number of fused-ring (bicyclic) bond motifs is 9. The van der Waals surface area contributed by atoms with E-state index in [1.54, 1.807) is 0 Å². The average Bonchev–Trinajstić information content (AvgIpc) is 3.76. The maximum atomic E-state index is 6.40. The summed E-state index contributed by atoms with van der Waals surface area (Å²) in [4.78, 5) is 2.35. The van der Waals surface area contributed by atoms with Crippen LogP contribution in [0.5, 0.6) is 0 Å². The van der Waals surface area contributed by atoms with Crippen LogP contribution in [0.2, 0.25) is 0 Å². The summed E-state index contributed by atoms with van der Waals surface area (Å²) in [7, 11) is 0. The van der Waals surface area contributed by atoms with E-state index in [9.17, 15) is 0 Å². The second kappa shape index (κ2) is 11.7. The molecule has 0 spiro atoms. The zero-order valence-corrected chi connectivity index (χ0v) is 28.8. The van der Waals surface area contributed by atoms with Gasteiger partial charge < -0.3 is 13.9 Å². The molecule has 53 heavy (non-hydrogen) atoms. The van der Waals surface area contributed by atoms with E-state index >= 15 is 0 Å². The lowest BCUT2D eigenvalue weighted by Crippen LogP contribution is -2.09. The molecule has 0 unspecified atom stereocenters. The number of hydrogen-bond acceptors (Lipinski definition) is 2. The van der Waals surface area contributed by atoms with Gasteiger partial charge in [-0.15, -0.1) is 0 Å². The van der Waals surface area contributed by atoms with E-state index in [0.29, 0.717) is 0 Å². The summed E-state index contributed by atoms with van der Waals surface area (Å²) in [6.07, 6.45) is 0. The van der Waals surface area contributed by atoms with Crippen molar-refractivity contribution in [2.24, 2.45) is 0 Å². The van der Waals surface area contributed by atoms with Gasteiger partial charge in [0, 0.05) is 50.4 Å². The molecule has 0 aliphatic rings. The number of nitrogens with zero attached hydrogens (tertiary/aromatic N) is 2. The van der Waals surface area contributed by atoms with Crippen molar-refractivity contribution in [2.45, 2.75) is 0 Å². The monoisotopic (exact) mass is 676 g/mol. The molecule has 3 heteroatoms. The van der Waals surface area contributed by atoms with E-state index < -0.39 is 0 Å². The predicted octanol–water partition coefficient (Wildman–Crippen LogP) is 14.1. The van der Waals surface area contributed by atoms with Gasteiger partial charge in [0.15, 0.2) is 0 Å². The second-order valence-corrected chi connectivity index (χ2v) is 13.8. The number of hydrogen-bond donors (Lipinski definition) is 0. The fourth-order valence-electron chi connectivity index (χ4n) is 8.23. The molecule has 0 fully saturated rings. The molecule has 0 radical (unpaired) electrons. The third-order valence-corrected chi connectivity index (χ3v) is 10.7. The lowest BCUT2D eigenvalue weighted by atomic mass is 9.98. The minimum atomic E-state index is 0.872. The van der Waals surface area contributed by atoms with Crippen LogP contribution in [0, 0.1) is 0 Å². The molecule has 0 amide bonds. The van der Waals surface area contributed by atoms with Crippen molar-refractivity contribution in [1.82, 2.24) is 4.57 Å². The first kappa shape index (κ1) is 29.6. The van der Waals surface area contributed by atoms with Crippen LogP contribution >= 0.6 is 0 Å². The van der Waals surface area contributed by atoms with Crippen LogP contribution in [0.3, 0.4) is 0 Å². The molecule has 2 heterocycles. The number of para-hydroxylation sites is 3. The minimum Gasteiger partial charge on any atom is -0.456 e. The zero-order valence-electron chi connectivity index (χ0n) is 28.8. The third-order valence-electron chi connectivity index (χ3n) is 10.7. The first-order valence-electron chi connectivity index (χ1n) is 18.1. The van der Waals surface area contributed by atoms with Crippen molar-refractivity contribution in [3.05, 3.63) is 194 Å². The van der Waals surface area contributed by atoms with Gasteiger partial charge in [-0.2, -0.15) is 0 Å². The smallest absolute Gasteiger partial charge is 0.137 e. The molecule has 248 valence electrons. The molecule has 11 rings (SSSR count). The fraction of sp³-hybridized carbons (Fsp3) is 0. The van der Waals surface area contributed by atoms with Crippen molar-refractivity contribution in [1.29, 1.82) is 0 Å². The molecule has 2 aromatic heterocycles. The highest BCUT2D eigenvalue weighted by Gasteiger charge is 2.18. The summed E-state index contributed by atoms with van der Waals surface area (Å²) in [5.74, 6) is 0. The lowest BCUT2D eigenvalue weighted by Gasteiger charge is -2.26. The Balaban J connectivity index is 1.14. The minimum absolute atomic E-state index is 0.872. The van der Waals surface area contributed by atoms with Crippen molar-refractivity contribution in [3.8, 4) is 16.8 Å². The Morgan fingerprint density at radius 3 is 1.79 bits per heavy atom. The summed E-state index contributed by atoms with van der Waals surface area (Å²) >= 11 is 0. The van der Waals surface area contributed by atoms with E-state index in [-0.39, 0.29) is 0 Å². The number of benzene rings is 9. The maximum absolute atomic E-state index is 6.40. The Hall–Kier alpha value is -7.10. The van der Waals surface area contributed by atoms with Gasteiger partial charge in [0.25, 0.3) is 0 Å². The van der Waals surface area contributed by atoms with E-state index in [1.165, 1.54) is 54.5 Å². The van der Waals surface area contributed by atoms with Crippen LogP contribution in [-0.4, -0.2) is 4.57 Å². The number of furan rings is 1. The van der Waals surface area contributed by atoms with Gasteiger partial charge in [-0.05, 0) is 105 Å². The van der Waals surface area contributed by atoms with Crippen LogP contribution < -0.4 is 4.90 Å². The summed E-state index contributed by atoms with van der Waals surface area (Å²) in [6, 6.07) is 69.8. The SMILES string of the molecule is c1ccc(-c2ccc(N(c3ccc4c(c3)oc3ccccc34)c3ccc4ccc5cc6c7ccccc7n(-c7ccccc7)c6cc5c4c3)cc2)cc1. The van der Waals surface area contributed by atoms with Crippen molar-refractivity contribution in [2.75, 3.05) is 4.90 Å². The summed E-state index contributed by atoms with van der Waals surface area (Å²) < 4.78 is 8.80. The average molecular weight is 677 g/mol. The Morgan fingerprint density at radius 2 is 0.943 bits per heavy atom. The summed E-state index contributed by atoms with van der Waals surface area (Å²) in [5, 5.41) is 9.62. The van der Waals surface area contributed by atoms with Gasteiger partial charge in [-0.1, -0.05) is 115 Å². The Bertz CT molecular complexity index is 3160. The van der Waals surface area contributed by atoms with Crippen LogP contribution in [0.15, 0.2) is 199 Å². The van der Waals surface area contributed by atoms with Crippen LogP contribution in [0.4, 0.5) is 17.1 Å². The fourth-order valence-corrected chi connectivity index (χ4v) is 8.23. The van der Waals surface area contributed by atoms with Gasteiger partial charge >= 0.3 is 0 Å². The van der Waals surface area contributed by atoms with Crippen molar-refractivity contribution >= 4 is 82.4 Å². The first-order chi connectivity index (χ1) is 26.3. The first-order valence-corrected chi connectivity index (χ1v) is 18.1. The third kappa shape index (κ3) is 4.75.